The van der Waals surface area contributed by atoms with Crippen LogP contribution in [-0.2, 0) is 4.74 Å². The molecule has 1 aliphatic heterocycles. The summed E-state index contributed by atoms with van der Waals surface area (Å²) in [6.07, 6.45) is 2.12. The Morgan fingerprint density at radius 3 is 2.68 bits per heavy atom. The molecule has 0 N–H and O–H groups in total. The van der Waals surface area contributed by atoms with Crippen molar-refractivity contribution in [3.8, 4) is 0 Å². The van der Waals surface area contributed by atoms with Crippen molar-refractivity contribution in [3.05, 3.63) is 29.7 Å². The van der Waals surface area contributed by atoms with Gasteiger partial charge in [-0.25, -0.2) is 14.3 Å². The van der Waals surface area contributed by atoms with Gasteiger partial charge in [-0.3, -0.25) is 0 Å². The molecular weight excluding hydrogens is 280 g/mol. The molecule has 0 aromatic carbocycles. The van der Waals surface area contributed by atoms with Crippen molar-refractivity contribution >= 4 is 11.6 Å². The van der Waals surface area contributed by atoms with Crippen molar-refractivity contribution in [1.82, 2.24) is 19.5 Å². The highest BCUT2D eigenvalue weighted by atomic mass is 16.5. The number of carbonyl (C=O) groups excluding carboxylic acids is 1. The topological polar surface area (TPSA) is 59.7 Å². The molecule has 2 aromatic heterocycles. The van der Waals surface area contributed by atoms with E-state index in [-0.39, 0.29) is 0 Å². The van der Waals surface area contributed by atoms with Gasteiger partial charge < -0.3 is 9.64 Å². The Morgan fingerprint density at radius 1 is 1.32 bits per heavy atom. The normalized spacial score (nSPS) is 17.3. The number of pyridine rings is 1. The molecule has 1 fully saturated rings. The van der Waals surface area contributed by atoms with E-state index < -0.39 is 5.97 Å². The molecule has 0 saturated carbocycles. The predicted octanol–water partition coefficient (Wildman–Crippen LogP) is 2.10. The minimum Gasteiger partial charge on any atom is -0.464 e. The van der Waals surface area contributed by atoms with E-state index in [2.05, 4.69) is 28.8 Å². The van der Waals surface area contributed by atoms with Gasteiger partial charge >= 0.3 is 5.97 Å². The minimum absolute atomic E-state index is 0.361. The first-order chi connectivity index (χ1) is 10.6. The summed E-state index contributed by atoms with van der Waals surface area (Å²) in [5, 5.41) is 4.56. The van der Waals surface area contributed by atoms with Gasteiger partial charge in [-0.1, -0.05) is 6.07 Å². The summed E-state index contributed by atoms with van der Waals surface area (Å²) in [6.45, 7) is 6.60. The fraction of sp³-hybridized carbons (Fsp3) is 0.562. The first-order valence-corrected chi connectivity index (χ1v) is 7.78. The zero-order chi connectivity index (χ0) is 15.7. The quantitative estimate of drug-likeness (QED) is 0.813. The molecule has 6 nitrogen and oxygen atoms in total. The van der Waals surface area contributed by atoms with Crippen molar-refractivity contribution in [2.45, 2.75) is 38.6 Å². The van der Waals surface area contributed by atoms with Crippen molar-refractivity contribution in [3.63, 3.8) is 0 Å². The lowest BCUT2D eigenvalue weighted by atomic mass is 9.95. The molecule has 0 amide bonds. The van der Waals surface area contributed by atoms with Crippen molar-refractivity contribution < 1.29 is 9.53 Å². The van der Waals surface area contributed by atoms with Crippen LogP contribution in [0.3, 0.4) is 0 Å². The van der Waals surface area contributed by atoms with E-state index in [0.717, 1.165) is 31.8 Å². The molecule has 118 valence electrons. The predicted molar refractivity (Wildman–Crippen MR) is 83.0 cm³/mol. The smallest absolute Gasteiger partial charge is 0.356 e. The van der Waals surface area contributed by atoms with Crippen molar-refractivity contribution in [2.75, 3.05) is 20.2 Å². The molecule has 3 rings (SSSR count). The highest BCUT2D eigenvalue weighted by molar-refractivity contribution is 5.88. The molecule has 22 heavy (non-hydrogen) atoms. The van der Waals surface area contributed by atoms with Crippen LogP contribution in [0, 0.1) is 0 Å². The van der Waals surface area contributed by atoms with Crippen LogP contribution < -0.4 is 0 Å². The standard InChI is InChI=1S/C16H22N4O2/c1-11(2)19-9-7-12(8-10-19)15-17-14-6-4-5-13(16(21)22-3)20(14)18-15/h4-6,11-12H,7-10H2,1-3H3. The molecule has 0 radical (unpaired) electrons. The third kappa shape index (κ3) is 2.70. The van der Waals surface area contributed by atoms with Gasteiger partial charge in [0.05, 0.1) is 7.11 Å². The molecule has 0 aliphatic carbocycles. The lowest BCUT2D eigenvalue weighted by Gasteiger charge is -2.33. The number of esters is 1. The van der Waals surface area contributed by atoms with Gasteiger partial charge in [0.2, 0.25) is 0 Å². The molecule has 0 atom stereocenters. The number of hydrogen-bond acceptors (Lipinski definition) is 5. The molecule has 3 heterocycles. The monoisotopic (exact) mass is 302 g/mol. The van der Waals surface area contributed by atoms with E-state index in [1.54, 1.807) is 16.6 Å². The SMILES string of the molecule is COC(=O)c1cccc2nc(C3CCN(C(C)C)CC3)nn12. The lowest BCUT2D eigenvalue weighted by Crippen LogP contribution is -2.38. The summed E-state index contributed by atoms with van der Waals surface area (Å²) >= 11 is 0. The summed E-state index contributed by atoms with van der Waals surface area (Å²) in [5.74, 6) is 0.803. The van der Waals surface area contributed by atoms with Crippen LogP contribution in [0.5, 0.6) is 0 Å². The second-order valence-corrected chi connectivity index (χ2v) is 6.05. The van der Waals surface area contributed by atoms with Crippen LogP contribution in [0.15, 0.2) is 18.2 Å². The van der Waals surface area contributed by atoms with Crippen LogP contribution in [0.2, 0.25) is 0 Å². The fourth-order valence-electron chi connectivity index (χ4n) is 3.03. The minimum atomic E-state index is -0.392. The van der Waals surface area contributed by atoms with Gasteiger partial charge in [0, 0.05) is 12.0 Å². The number of rotatable bonds is 3. The van der Waals surface area contributed by atoms with Crippen LogP contribution in [0.1, 0.15) is 48.9 Å². The number of fused-ring (bicyclic) bond motifs is 1. The summed E-state index contributed by atoms with van der Waals surface area (Å²) in [7, 11) is 1.38. The first-order valence-electron chi connectivity index (χ1n) is 7.78. The number of likely N-dealkylation sites (tertiary alicyclic amines) is 1. The number of hydrogen-bond donors (Lipinski definition) is 0. The third-order valence-electron chi connectivity index (χ3n) is 4.40. The number of methoxy groups -OCH3 is 1. The lowest BCUT2D eigenvalue weighted by molar-refractivity contribution is 0.0590. The van der Waals surface area contributed by atoms with E-state index in [4.69, 9.17) is 4.74 Å². The Bertz CT molecular complexity index is 672. The number of ether oxygens (including phenoxy) is 1. The molecule has 0 unspecified atom stereocenters. The highest BCUT2D eigenvalue weighted by Crippen LogP contribution is 2.27. The average molecular weight is 302 g/mol. The van der Waals surface area contributed by atoms with E-state index >= 15 is 0 Å². The summed E-state index contributed by atoms with van der Waals surface area (Å²) < 4.78 is 6.40. The summed E-state index contributed by atoms with van der Waals surface area (Å²) in [6, 6.07) is 5.97. The second kappa shape index (κ2) is 6.04. The first kappa shape index (κ1) is 15.0. The van der Waals surface area contributed by atoms with Gasteiger partial charge in [-0.15, -0.1) is 0 Å². The third-order valence-corrected chi connectivity index (χ3v) is 4.40. The van der Waals surface area contributed by atoms with Crippen LogP contribution in [0.4, 0.5) is 0 Å². The number of aromatic nitrogens is 3. The van der Waals surface area contributed by atoms with Gasteiger partial charge in [0.1, 0.15) is 0 Å². The number of piperidine rings is 1. The molecule has 0 spiro atoms. The number of nitrogens with zero attached hydrogens (tertiary/aromatic N) is 4. The second-order valence-electron chi connectivity index (χ2n) is 6.05. The zero-order valence-corrected chi connectivity index (χ0v) is 13.3. The van der Waals surface area contributed by atoms with E-state index in [1.807, 2.05) is 6.07 Å². The van der Waals surface area contributed by atoms with Gasteiger partial charge in [0.25, 0.3) is 0 Å². The summed E-state index contributed by atoms with van der Waals surface area (Å²) in [5.41, 5.74) is 1.11. The molecule has 2 aromatic rings. The Labute approximate surface area is 130 Å². The Morgan fingerprint density at radius 2 is 2.05 bits per heavy atom. The largest absolute Gasteiger partial charge is 0.464 e. The highest BCUT2D eigenvalue weighted by Gasteiger charge is 2.25. The maximum Gasteiger partial charge on any atom is 0.356 e. The average Bonchev–Trinajstić information content (AvgIpc) is 2.98. The maximum absolute atomic E-state index is 11.8. The van der Waals surface area contributed by atoms with Crippen LogP contribution in [-0.4, -0.2) is 51.7 Å². The fourth-order valence-corrected chi connectivity index (χ4v) is 3.03. The Balaban J connectivity index is 1.85. The van der Waals surface area contributed by atoms with E-state index in [1.165, 1.54) is 7.11 Å². The molecular formula is C16H22N4O2. The van der Waals surface area contributed by atoms with Crippen molar-refractivity contribution in [1.29, 1.82) is 0 Å². The number of carbonyl (C=O) groups is 1. The van der Waals surface area contributed by atoms with Gasteiger partial charge in [-0.2, -0.15) is 5.10 Å². The van der Waals surface area contributed by atoms with Gasteiger partial charge in [-0.05, 0) is 51.9 Å². The molecule has 6 heteroatoms. The van der Waals surface area contributed by atoms with Crippen LogP contribution >= 0.6 is 0 Å². The molecule has 1 aliphatic rings. The Hall–Kier alpha value is -1.95. The van der Waals surface area contributed by atoms with Gasteiger partial charge in [0.15, 0.2) is 17.2 Å². The molecule has 0 bridgehead atoms. The van der Waals surface area contributed by atoms with E-state index in [9.17, 15) is 4.79 Å². The van der Waals surface area contributed by atoms with E-state index in [0.29, 0.717) is 23.3 Å². The Kier molecular flexibility index (Phi) is 4.11. The molecule has 1 saturated heterocycles. The van der Waals surface area contributed by atoms with Crippen LogP contribution in [0.25, 0.3) is 5.65 Å². The summed E-state index contributed by atoms with van der Waals surface area (Å²) in [4.78, 5) is 18.9. The van der Waals surface area contributed by atoms with Crippen molar-refractivity contribution in [2.24, 2.45) is 0 Å². The maximum atomic E-state index is 11.8. The zero-order valence-electron chi connectivity index (χ0n) is 13.3.